The molecule has 2 saturated carbocycles. The van der Waals surface area contributed by atoms with Crippen LogP contribution in [0, 0.1) is 18.2 Å². The Bertz CT molecular complexity index is 1190. The minimum Gasteiger partial charge on any atom is -0.507 e. The van der Waals surface area contributed by atoms with E-state index in [1.165, 1.54) is 25.0 Å². The van der Waals surface area contributed by atoms with Gasteiger partial charge in [0, 0.05) is 27.7 Å². The molecule has 1 aliphatic heterocycles. The SMILES string of the molecule is Cc1cc(-n2c3c(c4c(O)cccc42)C2(CC4(CCC4)C2)OCC3(C)C)ccc1F. The number of ether oxygens (including phenoxy) is 1. The molecule has 3 nitrogen and oxygen atoms in total. The van der Waals surface area contributed by atoms with Crippen LogP contribution in [0.25, 0.3) is 16.6 Å². The molecule has 2 fully saturated rings. The second-order valence-corrected chi connectivity index (χ2v) is 10.5. The van der Waals surface area contributed by atoms with E-state index in [4.69, 9.17) is 4.74 Å². The molecule has 3 aliphatic rings. The van der Waals surface area contributed by atoms with Crippen LogP contribution in [-0.4, -0.2) is 16.3 Å². The van der Waals surface area contributed by atoms with E-state index in [-0.39, 0.29) is 16.8 Å². The number of benzene rings is 2. The Hall–Kier alpha value is -2.33. The van der Waals surface area contributed by atoms with E-state index in [0.29, 0.717) is 23.3 Å². The van der Waals surface area contributed by atoms with Crippen LogP contribution < -0.4 is 0 Å². The number of fused-ring (bicyclic) bond motifs is 4. The molecule has 4 heteroatoms. The number of aromatic nitrogens is 1. The fourth-order valence-electron chi connectivity index (χ4n) is 6.37. The van der Waals surface area contributed by atoms with Crippen LogP contribution in [0.2, 0.25) is 0 Å². The third-order valence-electron chi connectivity index (χ3n) is 7.91. The van der Waals surface area contributed by atoms with Crippen LogP contribution >= 0.6 is 0 Å². The van der Waals surface area contributed by atoms with Crippen molar-refractivity contribution in [2.45, 2.75) is 63.9 Å². The molecule has 1 N–H and O–H groups in total. The molecule has 2 spiro atoms. The second-order valence-electron chi connectivity index (χ2n) is 10.5. The maximum Gasteiger partial charge on any atom is 0.126 e. The van der Waals surface area contributed by atoms with E-state index in [9.17, 15) is 9.50 Å². The van der Waals surface area contributed by atoms with E-state index in [2.05, 4.69) is 24.5 Å². The predicted molar refractivity (Wildman–Crippen MR) is 116 cm³/mol. The number of nitrogens with zero attached hydrogens (tertiary/aromatic N) is 1. The number of phenolic OH excluding ortho intramolecular Hbond substituents is 1. The number of aryl methyl sites for hydroxylation is 1. The van der Waals surface area contributed by atoms with Crippen molar-refractivity contribution in [2.24, 2.45) is 5.41 Å². The Labute approximate surface area is 176 Å². The molecule has 2 aliphatic carbocycles. The molecule has 0 radical (unpaired) electrons. The Morgan fingerprint density at radius 1 is 1.10 bits per heavy atom. The first-order chi connectivity index (χ1) is 14.3. The summed E-state index contributed by atoms with van der Waals surface area (Å²) in [6.45, 7) is 6.86. The molecular weight excluding hydrogens is 377 g/mol. The Morgan fingerprint density at radius 2 is 1.87 bits per heavy atom. The zero-order valence-corrected chi connectivity index (χ0v) is 17.9. The second kappa shape index (κ2) is 5.67. The highest BCUT2D eigenvalue weighted by molar-refractivity contribution is 5.94. The third kappa shape index (κ3) is 2.23. The average Bonchev–Trinajstić information content (AvgIpc) is 3.00. The van der Waals surface area contributed by atoms with Crippen LogP contribution in [0.1, 0.15) is 62.8 Å². The molecule has 0 atom stereocenters. The first kappa shape index (κ1) is 18.4. The first-order valence-corrected chi connectivity index (χ1v) is 11.0. The summed E-state index contributed by atoms with van der Waals surface area (Å²) in [5, 5.41) is 11.9. The molecule has 6 rings (SSSR count). The number of aromatic hydroxyl groups is 1. The monoisotopic (exact) mass is 405 g/mol. The fraction of sp³-hybridized carbons (Fsp3) is 0.462. The molecule has 0 bridgehead atoms. The molecule has 30 heavy (non-hydrogen) atoms. The van der Waals surface area contributed by atoms with Crippen LogP contribution in [0.4, 0.5) is 4.39 Å². The summed E-state index contributed by atoms with van der Waals surface area (Å²) < 4.78 is 22.9. The van der Waals surface area contributed by atoms with Gasteiger partial charge in [-0.3, -0.25) is 0 Å². The van der Waals surface area contributed by atoms with Crippen molar-refractivity contribution >= 4 is 10.9 Å². The van der Waals surface area contributed by atoms with Gasteiger partial charge in [-0.05, 0) is 73.9 Å². The van der Waals surface area contributed by atoms with Crippen LogP contribution in [-0.2, 0) is 15.8 Å². The summed E-state index contributed by atoms with van der Waals surface area (Å²) in [6.07, 6.45) is 5.98. The fourth-order valence-corrected chi connectivity index (χ4v) is 6.37. The predicted octanol–water partition coefficient (Wildman–Crippen LogP) is 6.25. The normalized spacial score (nSPS) is 22.7. The van der Waals surface area contributed by atoms with Gasteiger partial charge in [0.1, 0.15) is 11.6 Å². The van der Waals surface area contributed by atoms with Gasteiger partial charge in [0.05, 0.1) is 17.7 Å². The van der Waals surface area contributed by atoms with Crippen molar-refractivity contribution in [3.63, 3.8) is 0 Å². The highest BCUT2D eigenvalue weighted by atomic mass is 19.1. The lowest BCUT2D eigenvalue weighted by molar-refractivity contribution is -0.217. The largest absolute Gasteiger partial charge is 0.507 e. The van der Waals surface area contributed by atoms with Crippen molar-refractivity contribution in [3.05, 3.63) is 59.0 Å². The van der Waals surface area contributed by atoms with E-state index in [1.54, 1.807) is 19.1 Å². The molecule has 2 aromatic carbocycles. The highest BCUT2D eigenvalue weighted by Crippen LogP contribution is 2.69. The molecule has 3 aromatic rings. The van der Waals surface area contributed by atoms with Crippen LogP contribution in [0.3, 0.4) is 0 Å². The topological polar surface area (TPSA) is 34.4 Å². The first-order valence-electron chi connectivity index (χ1n) is 11.0. The Morgan fingerprint density at radius 3 is 2.53 bits per heavy atom. The van der Waals surface area contributed by atoms with Crippen molar-refractivity contribution in [2.75, 3.05) is 6.61 Å². The highest BCUT2D eigenvalue weighted by Gasteiger charge is 2.62. The standard InChI is InChI=1S/C26H28FNO2/c1-16-12-17(8-9-18(16)27)28-19-6-4-7-20(29)21(19)22-23(28)24(2,3)15-30-26(22)13-25(14-26)10-5-11-25/h4,6-9,12,29H,5,10-11,13-15H2,1-3H3. The summed E-state index contributed by atoms with van der Waals surface area (Å²) >= 11 is 0. The van der Waals surface area contributed by atoms with Gasteiger partial charge >= 0.3 is 0 Å². The Balaban J connectivity index is 1.68. The smallest absolute Gasteiger partial charge is 0.126 e. The number of rotatable bonds is 1. The van der Waals surface area contributed by atoms with E-state index < -0.39 is 0 Å². The van der Waals surface area contributed by atoms with Gasteiger partial charge in [-0.1, -0.05) is 26.3 Å². The zero-order valence-electron chi connectivity index (χ0n) is 17.9. The van der Waals surface area contributed by atoms with Gasteiger partial charge in [0.2, 0.25) is 0 Å². The van der Waals surface area contributed by atoms with Gasteiger partial charge in [0.25, 0.3) is 0 Å². The van der Waals surface area contributed by atoms with Gasteiger partial charge in [-0.15, -0.1) is 0 Å². The lowest BCUT2D eigenvalue weighted by Gasteiger charge is -2.63. The number of hydrogen-bond donors (Lipinski definition) is 1. The van der Waals surface area contributed by atoms with Crippen molar-refractivity contribution in [1.29, 1.82) is 0 Å². The summed E-state index contributed by atoms with van der Waals surface area (Å²) in [4.78, 5) is 0. The number of phenols is 1. The molecule has 2 heterocycles. The molecule has 0 unspecified atom stereocenters. The quantitative estimate of drug-likeness (QED) is 0.519. The zero-order chi connectivity index (χ0) is 20.9. The lowest BCUT2D eigenvalue weighted by Crippen LogP contribution is -2.58. The molecule has 0 amide bonds. The average molecular weight is 406 g/mol. The van der Waals surface area contributed by atoms with Gasteiger partial charge in [-0.2, -0.15) is 0 Å². The minimum atomic E-state index is -0.317. The van der Waals surface area contributed by atoms with Crippen LogP contribution in [0.15, 0.2) is 36.4 Å². The minimum absolute atomic E-state index is 0.197. The van der Waals surface area contributed by atoms with Crippen molar-refractivity contribution in [3.8, 4) is 11.4 Å². The van der Waals surface area contributed by atoms with Gasteiger partial charge in [0.15, 0.2) is 0 Å². The maximum absolute atomic E-state index is 14.1. The summed E-state index contributed by atoms with van der Waals surface area (Å²) in [5.74, 6) is 0.105. The molecule has 1 aromatic heterocycles. The summed E-state index contributed by atoms with van der Waals surface area (Å²) in [7, 11) is 0. The number of halogens is 1. The lowest BCUT2D eigenvalue weighted by atomic mass is 9.47. The van der Waals surface area contributed by atoms with Crippen LogP contribution in [0.5, 0.6) is 5.75 Å². The maximum atomic E-state index is 14.1. The van der Waals surface area contributed by atoms with Crippen molar-refractivity contribution < 1.29 is 14.2 Å². The molecule has 0 saturated heterocycles. The molecule has 156 valence electrons. The van der Waals surface area contributed by atoms with Gasteiger partial charge in [-0.25, -0.2) is 4.39 Å². The number of hydrogen-bond acceptors (Lipinski definition) is 2. The van der Waals surface area contributed by atoms with Gasteiger partial charge < -0.3 is 14.4 Å². The van der Waals surface area contributed by atoms with E-state index in [1.807, 2.05) is 18.2 Å². The van der Waals surface area contributed by atoms with Crippen molar-refractivity contribution in [1.82, 2.24) is 4.57 Å². The molecular formula is C26H28FNO2. The third-order valence-corrected chi connectivity index (χ3v) is 7.91. The Kier molecular flexibility index (Phi) is 3.49. The summed E-state index contributed by atoms with van der Waals surface area (Å²) in [6, 6.07) is 11.0. The van der Waals surface area contributed by atoms with E-state index >= 15 is 0 Å². The van der Waals surface area contributed by atoms with E-state index in [0.717, 1.165) is 35.0 Å². The summed E-state index contributed by atoms with van der Waals surface area (Å²) in [5.41, 5.74) is 4.78.